The molecule has 16 heteroatoms. The van der Waals surface area contributed by atoms with Crippen LogP contribution < -0.4 is 0 Å². The molecule has 4 fully saturated rings. The summed E-state index contributed by atoms with van der Waals surface area (Å²) in [4.78, 5) is 67.7. The molecule has 13 nitrogen and oxygen atoms in total. The summed E-state index contributed by atoms with van der Waals surface area (Å²) in [5, 5.41) is 10.2. The second-order valence-electron chi connectivity index (χ2n) is 35.8. The zero-order chi connectivity index (χ0) is 90.7. The number of phenols is 1. The molecule has 12 aromatic rings. The molecular formula is C112H125Br2FN8O5. The zero-order valence-electron chi connectivity index (χ0n) is 76.2. The second kappa shape index (κ2) is 45.3. The van der Waals surface area contributed by atoms with E-state index in [4.69, 9.17) is 0 Å². The van der Waals surface area contributed by atoms with Crippen molar-refractivity contribution in [3.8, 4) is 5.75 Å². The van der Waals surface area contributed by atoms with Gasteiger partial charge >= 0.3 is 0 Å². The molecule has 0 spiro atoms. The molecule has 0 saturated carbocycles. The van der Waals surface area contributed by atoms with Crippen molar-refractivity contribution >= 4 is 55.0 Å². The Balaban J connectivity index is 0.000000146. The molecular weight excluding hydrogens is 1720 g/mol. The van der Waals surface area contributed by atoms with Crippen LogP contribution in [-0.4, -0.2) is 168 Å². The minimum absolute atomic E-state index is 0.0384. The van der Waals surface area contributed by atoms with Gasteiger partial charge in [0.05, 0.1) is 24.2 Å². The highest BCUT2D eigenvalue weighted by atomic mass is 79.9. The van der Waals surface area contributed by atoms with Crippen LogP contribution in [0, 0.1) is 5.82 Å². The molecule has 128 heavy (non-hydrogen) atoms. The Morgan fingerprint density at radius 1 is 0.273 bits per heavy atom. The lowest BCUT2D eigenvalue weighted by molar-refractivity contribution is 0.0195. The van der Waals surface area contributed by atoms with Gasteiger partial charge in [-0.3, -0.25) is 58.4 Å². The van der Waals surface area contributed by atoms with Gasteiger partial charge in [-0.15, -0.1) is 0 Å². The third-order valence-corrected chi connectivity index (χ3v) is 27.2. The van der Waals surface area contributed by atoms with Crippen molar-refractivity contribution in [2.75, 3.05) is 52.4 Å². The van der Waals surface area contributed by atoms with Gasteiger partial charge in [0.15, 0.2) is 23.1 Å². The maximum Gasteiger partial charge on any atom is 0.159 e. The fraction of sp³-hybridized carbons (Fsp3) is 0.321. The largest absolute Gasteiger partial charge is 0.508 e. The van der Waals surface area contributed by atoms with E-state index < -0.39 is 0 Å². The average molecular weight is 1840 g/mol. The van der Waals surface area contributed by atoms with Gasteiger partial charge in [-0.2, -0.15) is 0 Å². The van der Waals surface area contributed by atoms with Crippen LogP contribution in [0.4, 0.5) is 4.39 Å². The molecule has 12 aromatic carbocycles. The molecule has 1 N–H and O–H groups in total. The summed E-state index contributed by atoms with van der Waals surface area (Å²) in [5.41, 5.74) is 17.9. The highest BCUT2D eigenvalue weighted by Crippen LogP contribution is 2.40. The fourth-order valence-corrected chi connectivity index (χ4v) is 19.5. The molecule has 664 valence electrons. The first-order valence-electron chi connectivity index (χ1n) is 45.3. The molecule has 0 amide bonds. The van der Waals surface area contributed by atoms with E-state index in [-0.39, 0.29) is 64.9 Å². The number of phenolic OH excluding ortho intramolecular Hbond substituents is 1. The quantitative estimate of drug-likeness (QED) is 0.0580. The highest BCUT2D eigenvalue weighted by molar-refractivity contribution is 9.10. The summed E-state index contributed by atoms with van der Waals surface area (Å²) in [7, 11) is 0. The lowest BCUT2D eigenvalue weighted by Gasteiger charge is -2.47. The first-order valence-corrected chi connectivity index (χ1v) is 46.9. The summed E-state index contributed by atoms with van der Waals surface area (Å²) < 4.78 is 15.5. The normalized spacial score (nSPS) is 20.7. The fourth-order valence-electron chi connectivity index (χ4n) is 19.0. The van der Waals surface area contributed by atoms with E-state index in [1.54, 1.807) is 33.8 Å². The second-order valence-corrected chi connectivity index (χ2v) is 37.6. The van der Waals surface area contributed by atoms with Crippen LogP contribution in [0.3, 0.4) is 0 Å². The van der Waals surface area contributed by atoms with E-state index in [0.29, 0.717) is 47.9 Å². The minimum Gasteiger partial charge on any atom is -0.508 e. The first-order chi connectivity index (χ1) is 61.7. The van der Waals surface area contributed by atoms with E-state index in [0.717, 1.165) is 121 Å². The molecule has 0 aliphatic carbocycles. The Kier molecular flexibility index (Phi) is 33.7. The molecule has 0 aromatic heterocycles. The zero-order valence-corrected chi connectivity index (χ0v) is 79.4. The molecule has 4 heterocycles. The molecule has 0 unspecified atom stereocenters. The maximum absolute atomic E-state index is 13.3. The molecule has 0 radical (unpaired) electrons. The van der Waals surface area contributed by atoms with Crippen molar-refractivity contribution in [2.24, 2.45) is 0 Å². The average Bonchev–Trinajstić information content (AvgIpc) is 0.788. The lowest BCUT2D eigenvalue weighted by atomic mass is 9.92. The first kappa shape index (κ1) is 95.3. The number of Topliss-reactive ketones (excluding diaryl/α,β-unsaturated/α-hetero) is 4. The van der Waals surface area contributed by atoms with E-state index in [2.05, 4.69) is 333 Å². The van der Waals surface area contributed by atoms with Crippen molar-refractivity contribution in [3.63, 3.8) is 0 Å². The number of piperazine rings is 4. The number of benzene rings is 12. The number of nitrogens with zero attached hydrogens (tertiary/aromatic N) is 8. The SMILES string of the molecule is CC(=O)c1ccc([C@H](c2cccc(O)c2)N2C[C@@H](C)N(Cc3ccc(F)cc3)C[C@@H]2C)cc1.CC(=O)c1ccc([C@H](c2ccccc2)N2C[C@@H](C)N(Cc3ccc(Br)cc3)C[C@@H]2C)cc1.CC(=O)c1ccc([C@H](c2ccccc2)N2C[C@@H](C)N(Cc3ccc(Br)cc3)C[C@@H]2C)cc1.CC(=O)c1ccc([C@H](c2ccccc2)N2C[C@@H](C)N(Cc3ccccc3)C[C@@H]2C)cc1. The van der Waals surface area contributed by atoms with Crippen molar-refractivity contribution in [1.29, 1.82) is 0 Å². The van der Waals surface area contributed by atoms with Gasteiger partial charge in [0, 0.05) is 158 Å². The smallest absolute Gasteiger partial charge is 0.159 e. The summed E-state index contributed by atoms with van der Waals surface area (Å²) in [6, 6.07) is 110. The Labute approximate surface area is 776 Å². The van der Waals surface area contributed by atoms with Crippen LogP contribution >= 0.6 is 31.9 Å². The minimum atomic E-state index is -0.213. The number of carbonyl (C=O) groups excluding carboxylic acids is 4. The Bertz CT molecular complexity index is 5360. The number of ketones is 4. The van der Waals surface area contributed by atoms with Crippen molar-refractivity contribution in [3.05, 3.63) is 419 Å². The summed E-state index contributed by atoms with van der Waals surface area (Å²) in [6.07, 6.45) is 0. The predicted molar refractivity (Wildman–Crippen MR) is 526 cm³/mol. The van der Waals surface area contributed by atoms with E-state index in [1.807, 2.05) is 91.0 Å². The molecule has 0 bridgehead atoms. The number of aromatic hydroxyl groups is 1. The molecule has 16 rings (SSSR count). The van der Waals surface area contributed by atoms with Crippen LogP contribution in [-0.2, 0) is 26.2 Å². The Morgan fingerprint density at radius 3 is 0.742 bits per heavy atom. The van der Waals surface area contributed by atoms with Gasteiger partial charge in [0.2, 0.25) is 0 Å². The Hall–Kier alpha value is -10.3. The summed E-state index contributed by atoms with van der Waals surface area (Å²) >= 11 is 7.07. The standard InChI is InChI=1S/2C28H31BrN2O.C28H31FN2O2.C28H32N2O/c2*1-20-18-31(21(2)17-30(20)19-23-9-15-27(29)16-10-23)28(25-7-5-4-6-8-25)26-13-11-24(12-14-26)22(3)32;1-19-17-31(20(2)16-30(19)18-22-7-13-26(29)14-8-22)28(25-5-4-6-27(33)15-25)24-11-9-23(10-12-24)21(3)32;1-21-19-30(22(2)18-29(21)20-24-10-6-4-7-11-24)28(26-12-8-5-9-13-26)27-16-14-25(15-17-27)23(3)31/h2*4-16,20-21,28H,17-19H2,1-3H3;4-15,19-20,28,33H,16-18H2,1-3H3;4-17,21-22,28H,18-20H2,1-3H3/t2*20-,21+,28+;19-,20+,28-;21-,22+,28+/m1111/s1. The van der Waals surface area contributed by atoms with Crippen molar-refractivity contribution in [2.45, 2.75) is 182 Å². The third kappa shape index (κ3) is 25.2. The molecule has 12 atom stereocenters. The molecule has 4 aliphatic rings. The number of hydrogen-bond donors (Lipinski definition) is 1. The van der Waals surface area contributed by atoms with Gasteiger partial charge in [0.25, 0.3) is 0 Å². The molecule has 4 saturated heterocycles. The number of hydrogen-bond acceptors (Lipinski definition) is 13. The highest BCUT2D eigenvalue weighted by Gasteiger charge is 2.40. The van der Waals surface area contributed by atoms with Gasteiger partial charge < -0.3 is 5.11 Å². The summed E-state index contributed by atoms with van der Waals surface area (Å²) in [6.45, 7) is 36.4. The predicted octanol–water partition coefficient (Wildman–Crippen LogP) is 23.7. The lowest BCUT2D eigenvalue weighted by Crippen LogP contribution is -2.56. The van der Waals surface area contributed by atoms with E-state index in [9.17, 15) is 28.7 Å². The van der Waals surface area contributed by atoms with Gasteiger partial charge in [-0.25, -0.2) is 4.39 Å². The van der Waals surface area contributed by atoms with Crippen LogP contribution in [0.15, 0.2) is 324 Å². The topological polar surface area (TPSA) is 114 Å². The number of rotatable bonds is 24. The Morgan fingerprint density at radius 2 is 0.492 bits per heavy atom. The van der Waals surface area contributed by atoms with E-state index >= 15 is 0 Å². The maximum atomic E-state index is 13.3. The van der Waals surface area contributed by atoms with Crippen LogP contribution in [0.2, 0.25) is 0 Å². The number of halogens is 3. The number of carbonyl (C=O) groups is 4. The summed E-state index contributed by atoms with van der Waals surface area (Å²) in [5.74, 6) is 0.405. The van der Waals surface area contributed by atoms with Crippen molar-refractivity contribution < 1.29 is 28.7 Å². The monoisotopic (exact) mass is 1840 g/mol. The van der Waals surface area contributed by atoms with Crippen LogP contribution in [0.1, 0.15) is 215 Å². The van der Waals surface area contributed by atoms with Crippen molar-refractivity contribution in [1.82, 2.24) is 39.2 Å². The van der Waals surface area contributed by atoms with Gasteiger partial charge in [0.1, 0.15) is 11.6 Å². The van der Waals surface area contributed by atoms with Gasteiger partial charge in [-0.05, 0) is 198 Å². The van der Waals surface area contributed by atoms with Crippen LogP contribution in [0.25, 0.3) is 0 Å². The van der Waals surface area contributed by atoms with Crippen LogP contribution in [0.5, 0.6) is 5.75 Å². The van der Waals surface area contributed by atoms with E-state index in [1.165, 1.54) is 62.2 Å². The molecule has 4 aliphatic heterocycles. The van der Waals surface area contributed by atoms with Gasteiger partial charge in [-0.1, -0.05) is 299 Å². The third-order valence-electron chi connectivity index (χ3n) is 26.2.